The van der Waals surface area contributed by atoms with Crippen molar-refractivity contribution in [3.05, 3.63) is 64.8 Å². The number of halogens is 1. The number of likely N-dealkylation sites (tertiary alicyclic amines) is 1. The SMILES string of the molecule is Cc1c(C(=O)N2CCC(Nc3ccccc3)C2)sc2ccc(F)cc12. The van der Waals surface area contributed by atoms with Crippen LogP contribution >= 0.6 is 11.3 Å². The molecule has 1 N–H and O–H groups in total. The average Bonchev–Trinajstić information content (AvgIpc) is 3.21. The monoisotopic (exact) mass is 354 g/mol. The van der Waals surface area contributed by atoms with Crippen LogP contribution in [0.25, 0.3) is 10.1 Å². The second kappa shape index (κ2) is 6.48. The number of anilines is 1. The smallest absolute Gasteiger partial charge is 0.264 e. The van der Waals surface area contributed by atoms with E-state index in [0.717, 1.165) is 39.2 Å². The maximum absolute atomic E-state index is 13.5. The molecule has 0 aliphatic carbocycles. The fourth-order valence-electron chi connectivity index (χ4n) is 3.37. The van der Waals surface area contributed by atoms with E-state index in [4.69, 9.17) is 0 Å². The Morgan fingerprint density at radius 3 is 2.84 bits per heavy atom. The van der Waals surface area contributed by atoms with Gasteiger partial charge in [0.25, 0.3) is 5.91 Å². The van der Waals surface area contributed by atoms with Gasteiger partial charge in [0.2, 0.25) is 0 Å². The van der Waals surface area contributed by atoms with Gasteiger partial charge in [0.05, 0.1) is 4.88 Å². The van der Waals surface area contributed by atoms with Gasteiger partial charge in [-0.3, -0.25) is 4.79 Å². The van der Waals surface area contributed by atoms with Crippen molar-refractivity contribution >= 4 is 33.0 Å². The summed E-state index contributed by atoms with van der Waals surface area (Å²) in [4.78, 5) is 15.6. The van der Waals surface area contributed by atoms with Gasteiger partial charge in [-0.2, -0.15) is 0 Å². The fraction of sp³-hybridized carbons (Fsp3) is 0.250. The molecule has 0 spiro atoms. The molecule has 3 nitrogen and oxygen atoms in total. The molecule has 2 heterocycles. The van der Waals surface area contributed by atoms with Crippen molar-refractivity contribution in [3.8, 4) is 0 Å². The zero-order valence-electron chi connectivity index (χ0n) is 14.0. The Labute approximate surface area is 150 Å². The number of amides is 1. The third-order valence-corrected chi connectivity index (χ3v) is 5.97. The first kappa shape index (κ1) is 16.1. The summed E-state index contributed by atoms with van der Waals surface area (Å²) in [5.41, 5.74) is 1.96. The van der Waals surface area contributed by atoms with Crippen molar-refractivity contribution in [2.24, 2.45) is 0 Å². The highest BCUT2D eigenvalue weighted by Crippen LogP contribution is 2.33. The highest BCUT2D eigenvalue weighted by atomic mass is 32.1. The first-order chi connectivity index (χ1) is 12.1. The van der Waals surface area contributed by atoms with Crippen LogP contribution in [0.2, 0.25) is 0 Å². The molecule has 1 saturated heterocycles. The van der Waals surface area contributed by atoms with E-state index in [1.54, 1.807) is 6.07 Å². The molecule has 1 amide bonds. The van der Waals surface area contributed by atoms with Crippen molar-refractivity contribution < 1.29 is 9.18 Å². The van der Waals surface area contributed by atoms with E-state index in [1.165, 1.54) is 23.5 Å². The van der Waals surface area contributed by atoms with Gasteiger partial charge >= 0.3 is 0 Å². The number of nitrogens with one attached hydrogen (secondary N) is 1. The Kier molecular flexibility index (Phi) is 4.17. The third-order valence-electron chi connectivity index (χ3n) is 4.71. The van der Waals surface area contributed by atoms with Crippen LogP contribution in [0.5, 0.6) is 0 Å². The molecule has 1 aromatic heterocycles. The molecule has 0 radical (unpaired) electrons. The van der Waals surface area contributed by atoms with Crippen molar-refractivity contribution in [2.75, 3.05) is 18.4 Å². The van der Waals surface area contributed by atoms with Gasteiger partial charge in [-0.1, -0.05) is 18.2 Å². The first-order valence-electron chi connectivity index (χ1n) is 8.41. The molecular formula is C20H19FN2OS. The number of hydrogen-bond donors (Lipinski definition) is 1. The average molecular weight is 354 g/mol. The minimum Gasteiger partial charge on any atom is -0.380 e. The normalized spacial score (nSPS) is 17.2. The number of aryl methyl sites for hydroxylation is 1. The van der Waals surface area contributed by atoms with E-state index < -0.39 is 0 Å². The molecule has 3 aromatic rings. The van der Waals surface area contributed by atoms with Crippen molar-refractivity contribution in [2.45, 2.75) is 19.4 Å². The standard InChI is InChI=1S/C20H19FN2OS/c1-13-17-11-14(21)7-8-18(17)25-19(13)20(24)23-10-9-16(12-23)22-15-5-3-2-4-6-15/h2-8,11,16,22H,9-10,12H2,1H3. The van der Waals surface area contributed by atoms with Crippen LogP contribution in [0.3, 0.4) is 0 Å². The topological polar surface area (TPSA) is 32.3 Å². The van der Waals surface area contributed by atoms with Crippen molar-refractivity contribution in [1.82, 2.24) is 4.90 Å². The highest BCUT2D eigenvalue weighted by Gasteiger charge is 2.29. The predicted octanol–water partition coefficient (Wildman–Crippen LogP) is 4.68. The van der Waals surface area contributed by atoms with E-state index in [0.29, 0.717) is 6.54 Å². The molecule has 2 aromatic carbocycles. The number of benzene rings is 2. The molecule has 4 rings (SSSR count). The van der Waals surface area contributed by atoms with Gasteiger partial charge in [-0.15, -0.1) is 11.3 Å². The van der Waals surface area contributed by atoms with Crippen LogP contribution < -0.4 is 5.32 Å². The molecule has 128 valence electrons. The molecular weight excluding hydrogens is 335 g/mol. The Bertz CT molecular complexity index is 922. The molecule has 5 heteroatoms. The third kappa shape index (κ3) is 3.12. The van der Waals surface area contributed by atoms with E-state index in [1.807, 2.05) is 42.2 Å². The second-order valence-electron chi connectivity index (χ2n) is 6.44. The lowest BCUT2D eigenvalue weighted by Gasteiger charge is -2.17. The highest BCUT2D eigenvalue weighted by molar-refractivity contribution is 7.21. The molecule has 25 heavy (non-hydrogen) atoms. The number of carbonyl (C=O) groups excluding carboxylic acids is 1. The molecule has 1 atom stereocenters. The summed E-state index contributed by atoms with van der Waals surface area (Å²) in [7, 11) is 0. The molecule has 1 fully saturated rings. The number of rotatable bonds is 3. The van der Waals surface area contributed by atoms with Gasteiger partial charge in [0, 0.05) is 29.5 Å². The first-order valence-corrected chi connectivity index (χ1v) is 9.23. The van der Waals surface area contributed by atoms with Crippen LogP contribution in [0.15, 0.2) is 48.5 Å². The van der Waals surface area contributed by atoms with E-state index in [9.17, 15) is 9.18 Å². The summed E-state index contributed by atoms with van der Waals surface area (Å²) in [6, 6.07) is 15.0. The number of fused-ring (bicyclic) bond motifs is 1. The van der Waals surface area contributed by atoms with Crippen LogP contribution in [0.4, 0.5) is 10.1 Å². The lowest BCUT2D eigenvalue weighted by Crippen LogP contribution is -2.31. The minimum absolute atomic E-state index is 0.0523. The van der Waals surface area contributed by atoms with E-state index in [2.05, 4.69) is 5.32 Å². The predicted molar refractivity (Wildman–Crippen MR) is 101 cm³/mol. The minimum atomic E-state index is -0.263. The maximum atomic E-state index is 13.5. The second-order valence-corrected chi connectivity index (χ2v) is 7.50. The quantitative estimate of drug-likeness (QED) is 0.741. The molecule has 1 unspecified atom stereocenters. The Morgan fingerprint density at radius 1 is 1.24 bits per heavy atom. The largest absolute Gasteiger partial charge is 0.380 e. The van der Waals surface area contributed by atoms with Crippen molar-refractivity contribution in [3.63, 3.8) is 0 Å². The van der Waals surface area contributed by atoms with Crippen LogP contribution in [0.1, 0.15) is 21.7 Å². The number of thiophene rings is 1. The molecule has 0 saturated carbocycles. The maximum Gasteiger partial charge on any atom is 0.264 e. The molecule has 0 bridgehead atoms. The van der Waals surface area contributed by atoms with Gasteiger partial charge in [0.15, 0.2) is 0 Å². The van der Waals surface area contributed by atoms with E-state index >= 15 is 0 Å². The lowest BCUT2D eigenvalue weighted by atomic mass is 10.1. The van der Waals surface area contributed by atoms with Crippen LogP contribution in [0, 0.1) is 12.7 Å². The van der Waals surface area contributed by atoms with Crippen LogP contribution in [-0.4, -0.2) is 29.9 Å². The number of para-hydroxylation sites is 1. The molecule has 1 aliphatic heterocycles. The van der Waals surface area contributed by atoms with Gasteiger partial charge in [-0.05, 0) is 54.6 Å². The summed E-state index contributed by atoms with van der Waals surface area (Å²) in [6.45, 7) is 3.34. The Morgan fingerprint density at radius 2 is 2.04 bits per heavy atom. The molecule has 1 aliphatic rings. The lowest BCUT2D eigenvalue weighted by molar-refractivity contribution is 0.0796. The van der Waals surface area contributed by atoms with Gasteiger partial charge in [0.1, 0.15) is 5.82 Å². The summed E-state index contributed by atoms with van der Waals surface area (Å²) in [6.07, 6.45) is 0.930. The zero-order chi connectivity index (χ0) is 17.4. The van der Waals surface area contributed by atoms with Gasteiger partial charge in [-0.25, -0.2) is 4.39 Å². The summed E-state index contributed by atoms with van der Waals surface area (Å²) in [5.74, 6) is -0.211. The van der Waals surface area contributed by atoms with Crippen LogP contribution in [-0.2, 0) is 0 Å². The fourth-order valence-corrected chi connectivity index (χ4v) is 4.53. The Balaban J connectivity index is 1.51. The van der Waals surface area contributed by atoms with Crippen molar-refractivity contribution in [1.29, 1.82) is 0 Å². The Hall–Kier alpha value is -2.40. The summed E-state index contributed by atoms with van der Waals surface area (Å²) < 4.78 is 14.4. The van der Waals surface area contributed by atoms with Gasteiger partial charge < -0.3 is 10.2 Å². The summed E-state index contributed by atoms with van der Waals surface area (Å²) >= 11 is 1.45. The number of carbonyl (C=O) groups is 1. The summed E-state index contributed by atoms with van der Waals surface area (Å²) in [5, 5.41) is 4.33. The number of nitrogens with zero attached hydrogens (tertiary/aromatic N) is 1. The number of hydrogen-bond acceptors (Lipinski definition) is 3. The van der Waals surface area contributed by atoms with E-state index in [-0.39, 0.29) is 17.8 Å². The zero-order valence-corrected chi connectivity index (χ0v) is 14.8.